The summed E-state index contributed by atoms with van der Waals surface area (Å²) in [6.45, 7) is 6.64. The number of phenols is 2. The zero-order valence-electron chi connectivity index (χ0n) is 24.0. The molecule has 0 saturated carbocycles. The van der Waals surface area contributed by atoms with Crippen molar-refractivity contribution < 1.29 is 28.5 Å². The van der Waals surface area contributed by atoms with Crippen LogP contribution in [-0.2, 0) is 34.2 Å². The predicted molar refractivity (Wildman–Crippen MR) is 167 cm³/mol. The largest absolute Gasteiger partial charge is 0.506 e. The highest BCUT2D eigenvalue weighted by molar-refractivity contribution is 7.92. The van der Waals surface area contributed by atoms with Gasteiger partial charge in [-0.25, -0.2) is 8.42 Å². The molecular weight excluding hydrogens is 601 g/mol. The molecule has 3 aromatic carbocycles. The second kappa shape index (κ2) is 14.0. The number of aliphatic hydroxyl groups is 1. The average Bonchev–Trinajstić information content (AvgIpc) is 2.88. The smallest absolute Gasteiger partial charge is 0.229 e. The molecule has 0 saturated heterocycles. The number of likely N-dealkylation sites (N-methyl/N-ethyl adjacent to an activating group) is 1. The van der Waals surface area contributed by atoms with Gasteiger partial charge < -0.3 is 25.5 Å². The molecule has 42 heavy (non-hydrogen) atoms. The summed E-state index contributed by atoms with van der Waals surface area (Å²) in [5.41, 5.74) is 2.31. The minimum atomic E-state index is -3.60. The Morgan fingerprint density at radius 1 is 1.05 bits per heavy atom. The van der Waals surface area contributed by atoms with Crippen LogP contribution in [0.1, 0.15) is 49.1 Å². The van der Waals surface area contributed by atoms with E-state index in [1.807, 2.05) is 45.0 Å². The van der Waals surface area contributed by atoms with Gasteiger partial charge in [-0.1, -0.05) is 53.5 Å². The molecule has 9 nitrogen and oxygen atoms in total. The Hall–Kier alpha value is -3.02. The third-order valence-corrected chi connectivity index (χ3v) is 7.77. The number of hydrogen-bond donors (Lipinski definition) is 5. The Kier molecular flexibility index (Phi) is 11.1. The molecule has 0 bridgehead atoms. The van der Waals surface area contributed by atoms with Crippen molar-refractivity contribution in [2.75, 3.05) is 24.1 Å². The van der Waals surface area contributed by atoms with Gasteiger partial charge in [0.15, 0.2) is 0 Å². The first-order valence-electron chi connectivity index (χ1n) is 13.3. The van der Waals surface area contributed by atoms with Gasteiger partial charge in [0.1, 0.15) is 11.5 Å². The molecule has 12 heteroatoms. The maximum absolute atomic E-state index is 13.1. The fourth-order valence-electron chi connectivity index (χ4n) is 4.56. The van der Waals surface area contributed by atoms with E-state index in [0.29, 0.717) is 29.1 Å². The number of aromatic hydroxyl groups is 2. The highest BCUT2D eigenvalue weighted by atomic mass is 35.5. The Morgan fingerprint density at radius 3 is 2.40 bits per heavy atom. The first-order chi connectivity index (χ1) is 19.6. The van der Waals surface area contributed by atoms with Gasteiger partial charge in [-0.2, -0.15) is 0 Å². The number of rotatable bonds is 13. The summed E-state index contributed by atoms with van der Waals surface area (Å²) < 4.78 is 25.4. The third-order valence-electron chi connectivity index (χ3n) is 6.67. The number of carbonyl (C=O) groups excluding carboxylic acids is 1. The van der Waals surface area contributed by atoms with Gasteiger partial charge in [0.05, 0.1) is 29.5 Å². The van der Waals surface area contributed by atoms with Crippen LogP contribution in [0.15, 0.2) is 54.6 Å². The maximum atomic E-state index is 13.1. The number of carbonyl (C=O) groups is 1. The van der Waals surface area contributed by atoms with E-state index in [4.69, 9.17) is 23.2 Å². The number of aliphatic hydroxyl groups excluding tert-OH is 1. The predicted octanol–water partition coefficient (Wildman–Crippen LogP) is 5.01. The van der Waals surface area contributed by atoms with E-state index in [-0.39, 0.29) is 47.6 Å². The van der Waals surface area contributed by atoms with Gasteiger partial charge in [-0.15, -0.1) is 0 Å². The molecule has 0 aliphatic heterocycles. The van der Waals surface area contributed by atoms with Crippen molar-refractivity contribution in [2.24, 2.45) is 0 Å². The number of benzene rings is 3. The van der Waals surface area contributed by atoms with E-state index in [1.54, 1.807) is 11.0 Å². The molecule has 1 atom stereocenters. The molecule has 1 amide bonds. The lowest BCUT2D eigenvalue weighted by molar-refractivity contribution is -0.130. The van der Waals surface area contributed by atoms with Gasteiger partial charge in [0.25, 0.3) is 0 Å². The number of β-amino-alcohol motifs (C(OH)–C–C–N with tert-alkyl or cyclic N) is 1. The second-order valence-corrected chi connectivity index (χ2v) is 13.5. The summed E-state index contributed by atoms with van der Waals surface area (Å²) in [7, 11) is -3.60. The second-order valence-electron chi connectivity index (χ2n) is 10.9. The summed E-state index contributed by atoms with van der Waals surface area (Å²) in [5, 5.41) is 34.9. The van der Waals surface area contributed by atoms with E-state index < -0.39 is 21.7 Å². The molecular formula is C30H37Cl2N3O6S. The summed E-state index contributed by atoms with van der Waals surface area (Å²) in [6, 6.07) is 15.0. The number of amides is 1. The van der Waals surface area contributed by atoms with Gasteiger partial charge in [0, 0.05) is 35.8 Å². The topological polar surface area (TPSA) is 139 Å². The molecule has 0 unspecified atom stereocenters. The van der Waals surface area contributed by atoms with Crippen LogP contribution in [-0.4, -0.2) is 59.4 Å². The number of nitrogens with one attached hydrogen (secondary N) is 2. The van der Waals surface area contributed by atoms with Crippen molar-refractivity contribution in [1.82, 2.24) is 10.2 Å². The Bertz CT molecular complexity index is 1530. The lowest BCUT2D eigenvalue weighted by atomic mass is 9.93. The molecule has 3 aromatic rings. The monoisotopic (exact) mass is 637 g/mol. The molecule has 3 rings (SSSR count). The van der Waals surface area contributed by atoms with Gasteiger partial charge in [-0.3, -0.25) is 9.52 Å². The average molecular weight is 639 g/mol. The van der Waals surface area contributed by atoms with E-state index in [2.05, 4.69) is 10.0 Å². The standard InChI is InChI=1S/C30H37Cl2N3O6S/c1-5-35(18-22-13-23(31)15-24(32)29(22)39)28(38)12-19-7-6-8-20(11-19)16-30(2,3)33-17-27(37)21-9-10-26(36)25(14-21)34-42(4,40)41/h6-11,13-15,27,33-34,36-37,39H,5,12,16-18H2,1-4H3/t27-/m0/s1. The third kappa shape index (κ3) is 9.78. The molecule has 0 aliphatic carbocycles. The Labute approximate surface area is 257 Å². The minimum Gasteiger partial charge on any atom is -0.506 e. The molecule has 0 heterocycles. The first kappa shape index (κ1) is 33.5. The van der Waals surface area contributed by atoms with Crippen LogP contribution in [0.4, 0.5) is 5.69 Å². The lowest BCUT2D eigenvalue weighted by Gasteiger charge is -2.28. The zero-order chi connectivity index (χ0) is 31.2. The van der Waals surface area contributed by atoms with Crippen LogP contribution in [0.5, 0.6) is 11.5 Å². The lowest BCUT2D eigenvalue weighted by Crippen LogP contribution is -2.43. The van der Waals surface area contributed by atoms with E-state index in [9.17, 15) is 28.5 Å². The first-order valence-corrected chi connectivity index (χ1v) is 16.0. The molecule has 0 aromatic heterocycles. The molecule has 0 aliphatic rings. The van der Waals surface area contributed by atoms with Crippen LogP contribution < -0.4 is 10.0 Å². The maximum Gasteiger partial charge on any atom is 0.229 e. The summed E-state index contributed by atoms with van der Waals surface area (Å²) in [4.78, 5) is 14.8. The van der Waals surface area contributed by atoms with E-state index >= 15 is 0 Å². The molecule has 0 radical (unpaired) electrons. The van der Waals surface area contributed by atoms with Gasteiger partial charge in [0.2, 0.25) is 15.9 Å². The number of halogens is 2. The SMILES string of the molecule is CCN(Cc1cc(Cl)cc(Cl)c1O)C(=O)Cc1cccc(CC(C)(C)NC[C@H](O)c2ccc(O)c(NS(C)(=O)=O)c2)c1. The highest BCUT2D eigenvalue weighted by Crippen LogP contribution is 2.32. The van der Waals surface area contributed by atoms with Crippen molar-refractivity contribution in [3.63, 3.8) is 0 Å². The molecule has 0 spiro atoms. The van der Waals surface area contributed by atoms with Crippen LogP contribution >= 0.6 is 23.2 Å². The van der Waals surface area contributed by atoms with Crippen LogP contribution in [0.2, 0.25) is 10.0 Å². The summed E-state index contributed by atoms with van der Waals surface area (Å²) in [6.07, 6.45) is 0.800. The number of phenolic OH excluding ortho intramolecular Hbond substituents is 2. The van der Waals surface area contributed by atoms with Crippen molar-refractivity contribution >= 4 is 44.8 Å². The van der Waals surface area contributed by atoms with Crippen LogP contribution in [0.3, 0.4) is 0 Å². The van der Waals surface area contributed by atoms with Crippen molar-refractivity contribution in [2.45, 2.75) is 51.8 Å². The quantitative estimate of drug-likeness (QED) is 0.166. The Morgan fingerprint density at radius 2 is 1.74 bits per heavy atom. The summed E-state index contributed by atoms with van der Waals surface area (Å²) >= 11 is 12.1. The van der Waals surface area contributed by atoms with E-state index in [0.717, 1.165) is 17.4 Å². The normalized spacial score (nSPS) is 12.6. The van der Waals surface area contributed by atoms with Crippen molar-refractivity contribution in [3.05, 3.63) is 86.9 Å². The number of sulfonamides is 1. The van der Waals surface area contributed by atoms with E-state index in [1.165, 1.54) is 24.3 Å². The number of anilines is 1. The highest BCUT2D eigenvalue weighted by Gasteiger charge is 2.22. The molecule has 5 N–H and O–H groups in total. The summed E-state index contributed by atoms with van der Waals surface area (Å²) in [5.74, 6) is -0.438. The van der Waals surface area contributed by atoms with Crippen molar-refractivity contribution in [3.8, 4) is 11.5 Å². The van der Waals surface area contributed by atoms with Gasteiger partial charge in [-0.05, 0) is 68.1 Å². The number of nitrogens with zero attached hydrogens (tertiary/aromatic N) is 1. The Balaban J connectivity index is 1.63. The minimum absolute atomic E-state index is 0.00511. The fraction of sp³-hybridized carbons (Fsp3) is 0.367. The zero-order valence-corrected chi connectivity index (χ0v) is 26.3. The van der Waals surface area contributed by atoms with Crippen molar-refractivity contribution in [1.29, 1.82) is 0 Å². The molecule has 228 valence electrons. The van der Waals surface area contributed by atoms with Crippen LogP contribution in [0.25, 0.3) is 0 Å². The number of hydrogen-bond acceptors (Lipinski definition) is 7. The van der Waals surface area contributed by atoms with Gasteiger partial charge >= 0.3 is 0 Å². The fourth-order valence-corrected chi connectivity index (χ4v) is 5.66. The molecule has 0 fully saturated rings. The van der Waals surface area contributed by atoms with Crippen LogP contribution in [0, 0.1) is 0 Å².